The maximum atomic E-state index is 13.0. The smallest absolute Gasteiger partial charge is 0.302 e. The molecule has 3 atom stereocenters. The van der Waals surface area contributed by atoms with E-state index >= 15 is 0 Å². The molecule has 0 radical (unpaired) electrons. The Morgan fingerprint density at radius 1 is 1.34 bits per heavy atom. The van der Waals surface area contributed by atoms with Crippen LogP contribution < -0.4 is 0 Å². The molecule has 1 N–H and O–H groups in total. The number of ether oxygens (including phenoxy) is 2. The number of esters is 1. The number of aliphatic hydroxyl groups is 1. The van der Waals surface area contributed by atoms with Crippen LogP contribution in [0.3, 0.4) is 0 Å². The highest BCUT2D eigenvalue weighted by molar-refractivity contribution is 7.80. The summed E-state index contributed by atoms with van der Waals surface area (Å²) in [5.74, 6) is -1.15. The van der Waals surface area contributed by atoms with Gasteiger partial charge in [0, 0.05) is 6.92 Å². The molecule has 158 valence electrons. The Bertz CT molecular complexity index is 749. The van der Waals surface area contributed by atoms with Crippen molar-refractivity contribution < 1.29 is 24.2 Å². The van der Waals surface area contributed by atoms with E-state index < -0.39 is 12.0 Å². The van der Waals surface area contributed by atoms with E-state index in [0.29, 0.717) is 25.9 Å². The third kappa shape index (κ3) is 6.94. The average molecular weight is 420 g/mol. The molecule has 1 aliphatic heterocycles. The molecule has 1 aromatic rings. The van der Waals surface area contributed by atoms with Gasteiger partial charge in [-0.3, -0.25) is 14.5 Å². The van der Waals surface area contributed by atoms with Gasteiger partial charge in [-0.25, -0.2) is 0 Å². The van der Waals surface area contributed by atoms with E-state index in [2.05, 4.69) is 0 Å². The molecule has 29 heavy (non-hydrogen) atoms. The summed E-state index contributed by atoms with van der Waals surface area (Å²) in [6.07, 6.45) is 2.76. The van der Waals surface area contributed by atoms with Gasteiger partial charge in [0.25, 0.3) is 5.17 Å². The molecular weight excluding hydrogens is 390 g/mol. The van der Waals surface area contributed by atoms with Gasteiger partial charge in [-0.1, -0.05) is 43.3 Å². The maximum Gasteiger partial charge on any atom is 0.302 e. The first kappa shape index (κ1) is 23.0. The second kappa shape index (κ2) is 11.1. The summed E-state index contributed by atoms with van der Waals surface area (Å²) >= 11 is 5.24. The molecule has 0 aliphatic carbocycles. The van der Waals surface area contributed by atoms with E-state index in [1.807, 2.05) is 43.3 Å². The van der Waals surface area contributed by atoms with Gasteiger partial charge in [-0.05, 0) is 49.5 Å². The van der Waals surface area contributed by atoms with E-state index in [1.165, 1.54) is 11.8 Å². The number of nitrogens with zero attached hydrogens (tertiary/aromatic N) is 1. The number of carbonyl (C=O) groups excluding carboxylic acids is 2. The fourth-order valence-corrected chi connectivity index (χ4v) is 3.48. The first-order valence-corrected chi connectivity index (χ1v) is 10.2. The monoisotopic (exact) mass is 419 g/mol. The summed E-state index contributed by atoms with van der Waals surface area (Å²) in [6, 6.07) is 9.71. The molecule has 1 fully saturated rings. The van der Waals surface area contributed by atoms with Crippen molar-refractivity contribution >= 4 is 29.3 Å². The van der Waals surface area contributed by atoms with E-state index in [9.17, 15) is 14.7 Å². The van der Waals surface area contributed by atoms with Gasteiger partial charge in [0.2, 0.25) is 5.91 Å². The Balaban J connectivity index is 1.91. The van der Waals surface area contributed by atoms with Crippen LogP contribution >= 0.6 is 12.2 Å². The molecule has 0 unspecified atom stereocenters. The SMILES string of the molecule is CC(=O)OC/C(C)=C/CC[C@H](O)[C@@H](C)C(=O)N1C(=S)OC[C@@H]1Cc1ccccc1. The molecule has 1 amide bonds. The zero-order valence-corrected chi connectivity index (χ0v) is 18.0. The van der Waals surface area contributed by atoms with Gasteiger partial charge in [0.1, 0.15) is 13.2 Å². The number of benzene rings is 1. The van der Waals surface area contributed by atoms with Crippen molar-refractivity contribution in [3.63, 3.8) is 0 Å². The van der Waals surface area contributed by atoms with Gasteiger partial charge in [0.05, 0.1) is 18.1 Å². The van der Waals surface area contributed by atoms with Crippen molar-refractivity contribution in [3.8, 4) is 0 Å². The van der Waals surface area contributed by atoms with Gasteiger partial charge in [-0.15, -0.1) is 0 Å². The van der Waals surface area contributed by atoms with Gasteiger partial charge in [0.15, 0.2) is 0 Å². The van der Waals surface area contributed by atoms with E-state index in [4.69, 9.17) is 21.7 Å². The van der Waals surface area contributed by atoms with Crippen LogP contribution in [0.15, 0.2) is 42.0 Å². The summed E-state index contributed by atoms with van der Waals surface area (Å²) < 4.78 is 10.4. The third-order valence-corrected chi connectivity index (χ3v) is 5.25. The molecule has 0 aromatic heterocycles. The van der Waals surface area contributed by atoms with Crippen molar-refractivity contribution in [1.82, 2.24) is 4.90 Å². The predicted molar refractivity (Wildman–Crippen MR) is 114 cm³/mol. The van der Waals surface area contributed by atoms with Crippen molar-refractivity contribution in [3.05, 3.63) is 47.5 Å². The zero-order valence-electron chi connectivity index (χ0n) is 17.2. The Labute approximate surface area is 177 Å². The van der Waals surface area contributed by atoms with Crippen molar-refractivity contribution in [2.45, 2.75) is 52.2 Å². The number of hydrogen-bond acceptors (Lipinski definition) is 6. The van der Waals surface area contributed by atoms with Crippen molar-refractivity contribution in [2.24, 2.45) is 5.92 Å². The molecule has 2 rings (SSSR count). The molecule has 1 aromatic carbocycles. The summed E-state index contributed by atoms with van der Waals surface area (Å²) in [6.45, 7) is 5.53. The van der Waals surface area contributed by atoms with Crippen LogP contribution in [-0.4, -0.2) is 52.4 Å². The lowest BCUT2D eigenvalue weighted by atomic mass is 9.97. The minimum atomic E-state index is -0.805. The quantitative estimate of drug-likeness (QED) is 0.377. The van der Waals surface area contributed by atoms with Gasteiger partial charge in [-0.2, -0.15) is 0 Å². The number of aliphatic hydroxyl groups excluding tert-OH is 1. The Kier molecular flexibility index (Phi) is 8.79. The van der Waals surface area contributed by atoms with Gasteiger partial charge >= 0.3 is 5.97 Å². The van der Waals surface area contributed by atoms with Crippen LogP contribution in [-0.2, 0) is 25.5 Å². The molecule has 1 aliphatic rings. The molecular formula is C22H29NO5S. The number of hydrogen-bond donors (Lipinski definition) is 1. The standard InChI is InChI=1S/C22H29NO5S/c1-15(13-27-17(3)24)8-7-11-20(25)16(2)21(26)23-19(14-28-22(23)29)12-18-9-5-4-6-10-18/h4-6,8-10,16,19-20,25H,7,11-14H2,1-3H3/b15-8+/t16-,19+,20+/m1/s1. The van der Waals surface area contributed by atoms with Gasteiger partial charge < -0.3 is 14.6 Å². The number of amides is 1. The highest BCUT2D eigenvalue weighted by Crippen LogP contribution is 2.22. The Morgan fingerprint density at radius 2 is 2.03 bits per heavy atom. The first-order chi connectivity index (χ1) is 13.8. The van der Waals surface area contributed by atoms with Crippen molar-refractivity contribution in [2.75, 3.05) is 13.2 Å². The summed E-state index contributed by atoms with van der Waals surface area (Å²) in [4.78, 5) is 25.3. The number of rotatable bonds is 9. The normalized spacial score (nSPS) is 18.9. The Morgan fingerprint density at radius 3 is 2.69 bits per heavy atom. The molecule has 0 spiro atoms. The zero-order chi connectivity index (χ0) is 21.4. The summed E-state index contributed by atoms with van der Waals surface area (Å²) in [7, 11) is 0. The molecule has 1 heterocycles. The topological polar surface area (TPSA) is 76.1 Å². The van der Waals surface area contributed by atoms with Crippen LogP contribution in [0.2, 0.25) is 0 Å². The second-order valence-corrected chi connectivity index (χ2v) is 7.74. The van der Waals surface area contributed by atoms with Crippen LogP contribution in [0.4, 0.5) is 0 Å². The minimum Gasteiger partial charge on any atom is -0.468 e. The highest BCUT2D eigenvalue weighted by atomic mass is 32.1. The molecule has 1 saturated heterocycles. The summed E-state index contributed by atoms with van der Waals surface area (Å²) in [5.41, 5.74) is 2.01. The number of thiocarbonyl (C=S) groups is 1. The van der Waals surface area contributed by atoms with Crippen LogP contribution in [0.1, 0.15) is 39.2 Å². The lowest BCUT2D eigenvalue weighted by molar-refractivity contribution is -0.140. The molecule has 6 nitrogen and oxygen atoms in total. The lowest BCUT2D eigenvalue weighted by Crippen LogP contribution is -2.45. The lowest BCUT2D eigenvalue weighted by Gasteiger charge is -2.26. The summed E-state index contributed by atoms with van der Waals surface area (Å²) in [5, 5.41) is 10.7. The van der Waals surface area contributed by atoms with Crippen LogP contribution in [0.25, 0.3) is 0 Å². The highest BCUT2D eigenvalue weighted by Gasteiger charge is 2.38. The Hall–Kier alpha value is -2.25. The molecule has 0 saturated carbocycles. The molecule has 0 bridgehead atoms. The number of carbonyl (C=O) groups is 2. The van der Waals surface area contributed by atoms with E-state index in [-0.39, 0.29) is 29.7 Å². The fraction of sp³-hybridized carbons (Fsp3) is 0.500. The first-order valence-electron chi connectivity index (χ1n) is 9.80. The largest absolute Gasteiger partial charge is 0.468 e. The minimum absolute atomic E-state index is 0.169. The van der Waals surface area contributed by atoms with Crippen LogP contribution in [0.5, 0.6) is 0 Å². The predicted octanol–water partition coefficient (Wildman–Crippen LogP) is 3.03. The van der Waals surface area contributed by atoms with Crippen molar-refractivity contribution in [1.29, 1.82) is 0 Å². The fourth-order valence-electron chi connectivity index (χ4n) is 3.18. The molecule has 7 heteroatoms. The van der Waals surface area contributed by atoms with E-state index in [1.54, 1.807) is 6.92 Å². The number of allylic oxidation sites excluding steroid dienone is 1. The second-order valence-electron chi connectivity index (χ2n) is 7.39. The maximum absolute atomic E-state index is 13.0. The average Bonchev–Trinajstić information content (AvgIpc) is 3.05. The van der Waals surface area contributed by atoms with E-state index in [0.717, 1.165) is 11.1 Å². The van der Waals surface area contributed by atoms with Crippen LogP contribution in [0, 0.1) is 5.92 Å². The third-order valence-electron chi connectivity index (χ3n) is 4.94.